The minimum atomic E-state index is -0.540. The lowest BCUT2D eigenvalue weighted by Crippen LogP contribution is -2.05. The molecule has 0 radical (unpaired) electrons. The van der Waals surface area contributed by atoms with Gasteiger partial charge in [-0.1, -0.05) is 74.8 Å². The van der Waals surface area contributed by atoms with Crippen LogP contribution >= 0.6 is 0 Å². The van der Waals surface area contributed by atoms with E-state index >= 15 is 0 Å². The first-order valence-electron chi connectivity index (χ1n) is 9.19. The van der Waals surface area contributed by atoms with Gasteiger partial charge in [-0.25, -0.2) is 0 Å². The topological polar surface area (TPSA) is 66.8 Å². The number of methoxy groups -OCH3 is 1. The molecule has 0 saturated carbocycles. The summed E-state index contributed by atoms with van der Waals surface area (Å²) in [5.41, 5.74) is 0. The molecule has 0 aromatic heterocycles. The third kappa shape index (κ3) is 17.0. The van der Waals surface area contributed by atoms with Gasteiger partial charge in [0.05, 0.1) is 19.3 Å². The summed E-state index contributed by atoms with van der Waals surface area (Å²) >= 11 is 0. The van der Waals surface area contributed by atoms with Crippen LogP contribution in [0.4, 0.5) is 0 Å². The van der Waals surface area contributed by atoms with Gasteiger partial charge in [-0.3, -0.25) is 4.79 Å². The van der Waals surface area contributed by atoms with Gasteiger partial charge in [0, 0.05) is 6.42 Å². The Hall–Kier alpha value is -1.65. The number of aliphatic hydroxyl groups is 2. The third-order valence-electron chi connectivity index (χ3n) is 3.64. The Labute approximate surface area is 152 Å². The van der Waals surface area contributed by atoms with Crippen molar-refractivity contribution in [2.45, 2.75) is 70.5 Å². The van der Waals surface area contributed by atoms with Gasteiger partial charge in [-0.05, 0) is 25.7 Å². The molecule has 25 heavy (non-hydrogen) atoms. The van der Waals surface area contributed by atoms with Crippen molar-refractivity contribution in [1.29, 1.82) is 0 Å². The van der Waals surface area contributed by atoms with E-state index < -0.39 is 6.10 Å². The van der Waals surface area contributed by atoms with Crippen molar-refractivity contribution in [3.05, 3.63) is 48.6 Å². The molecule has 0 unspecified atom stereocenters. The summed E-state index contributed by atoms with van der Waals surface area (Å²) in [6, 6.07) is 0. The fraction of sp³-hybridized carbons (Fsp3) is 0.571. The van der Waals surface area contributed by atoms with Crippen molar-refractivity contribution >= 4 is 5.97 Å². The van der Waals surface area contributed by atoms with E-state index in [4.69, 9.17) is 0 Å². The predicted octanol–water partition coefficient (Wildman–Crippen LogP) is 4.25. The van der Waals surface area contributed by atoms with Crippen LogP contribution < -0.4 is 0 Å². The van der Waals surface area contributed by atoms with Gasteiger partial charge in [0.2, 0.25) is 0 Å². The van der Waals surface area contributed by atoms with Crippen molar-refractivity contribution in [2.75, 3.05) is 7.11 Å². The molecule has 0 rings (SSSR count). The second-order valence-electron chi connectivity index (χ2n) is 5.96. The Kier molecular flexibility index (Phi) is 16.0. The van der Waals surface area contributed by atoms with Crippen LogP contribution in [-0.4, -0.2) is 35.5 Å². The summed E-state index contributed by atoms with van der Waals surface area (Å²) in [5, 5.41) is 19.4. The SMILES string of the molecule is CCCCC[C@H](O)/C=C/C=C\C/C=C\C=C\[C@@H](O)CCCC(=O)OC. The van der Waals surface area contributed by atoms with E-state index in [0.29, 0.717) is 19.3 Å². The Morgan fingerprint density at radius 1 is 0.920 bits per heavy atom. The Balaban J connectivity index is 3.77. The molecule has 0 bridgehead atoms. The van der Waals surface area contributed by atoms with E-state index in [1.54, 1.807) is 6.08 Å². The average Bonchev–Trinajstić information content (AvgIpc) is 2.60. The van der Waals surface area contributed by atoms with Crippen LogP contribution in [0.25, 0.3) is 0 Å². The average molecular weight is 350 g/mol. The van der Waals surface area contributed by atoms with Gasteiger partial charge in [-0.15, -0.1) is 0 Å². The fourth-order valence-electron chi connectivity index (χ4n) is 2.13. The van der Waals surface area contributed by atoms with Crippen LogP contribution in [-0.2, 0) is 9.53 Å². The maximum atomic E-state index is 10.9. The van der Waals surface area contributed by atoms with Crippen LogP contribution in [0.1, 0.15) is 58.3 Å². The number of allylic oxidation sites excluding steroid dienone is 6. The molecular weight excluding hydrogens is 316 g/mol. The maximum Gasteiger partial charge on any atom is 0.305 e. The van der Waals surface area contributed by atoms with E-state index in [9.17, 15) is 15.0 Å². The smallest absolute Gasteiger partial charge is 0.305 e. The second kappa shape index (κ2) is 17.2. The molecule has 0 amide bonds. The largest absolute Gasteiger partial charge is 0.469 e. The minimum absolute atomic E-state index is 0.245. The zero-order valence-corrected chi connectivity index (χ0v) is 15.6. The van der Waals surface area contributed by atoms with Crippen LogP contribution in [0.5, 0.6) is 0 Å². The van der Waals surface area contributed by atoms with Crippen LogP contribution in [0.2, 0.25) is 0 Å². The molecule has 2 N–H and O–H groups in total. The van der Waals surface area contributed by atoms with E-state index in [1.165, 1.54) is 20.0 Å². The fourth-order valence-corrected chi connectivity index (χ4v) is 2.13. The number of rotatable bonds is 14. The molecule has 0 aliphatic heterocycles. The lowest BCUT2D eigenvalue weighted by Gasteiger charge is -2.03. The molecule has 0 aliphatic rings. The van der Waals surface area contributed by atoms with Crippen molar-refractivity contribution in [1.82, 2.24) is 0 Å². The molecule has 0 aromatic rings. The van der Waals surface area contributed by atoms with Gasteiger partial charge in [0.25, 0.3) is 0 Å². The second-order valence-corrected chi connectivity index (χ2v) is 5.96. The third-order valence-corrected chi connectivity index (χ3v) is 3.64. The van der Waals surface area contributed by atoms with Crippen molar-refractivity contribution in [3.8, 4) is 0 Å². The maximum absolute atomic E-state index is 10.9. The molecular formula is C21H34O4. The van der Waals surface area contributed by atoms with E-state index in [1.807, 2.05) is 42.5 Å². The number of esters is 1. The number of hydrogen-bond acceptors (Lipinski definition) is 4. The summed E-state index contributed by atoms with van der Waals surface area (Å²) in [5.74, 6) is -0.245. The summed E-state index contributed by atoms with van der Waals surface area (Å²) in [7, 11) is 1.36. The van der Waals surface area contributed by atoms with Crippen molar-refractivity contribution in [3.63, 3.8) is 0 Å². The predicted molar refractivity (Wildman–Crippen MR) is 103 cm³/mol. The molecule has 0 aliphatic carbocycles. The first-order chi connectivity index (χ1) is 12.1. The van der Waals surface area contributed by atoms with Gasteiger partial charge < -0.3 is 14.9 Å². The van der Waals surface area contributed by atoms with Gasteiger partial charge in [0.1, 0.15) is 0 Å². The highest BCUT2D eigenvalue weighted by atomic mass is 16.5. The van der Waals surface area contributed by atoms with Crippen molar-refractivity contribution in [2.24, 2.45) is 0 Å². The quantitative estimate of drug-likeness (QED) is 0.279. The highest BCUT2D eigenvalue weighted by molar-refractivity contribution is 5.68. The molecule has 142 valence electrons. The summed E-state index contributed by atoms with van der Waals surface area (Å²) < 4.78 is 4.55. The number of unbranched alkanes of at least 4 members (excludes halogenated alkanes) is 2. The molecule has 4 heteroatoms. The zero-order chi connectivity index (χ0) is 18.8. The molecule has 0 spiro atoms. The summed E-state index contributed by atoms with van der Waals surface area (Å²) in [6.07, 6.45) is 20.6. The molecule has 2 atom stereocenters. The zero-order valence-electron chi connectivity index (χ0n) is 15.6. The Bertz CT molecular complexity index is 435. The Morgan fingerprint density at radius 3 is 2.00 bits per heavy atom. The van der Waals surface area contributed by atoms with E-state index in [-0.39, 0.29) is 12.1 Å². The number of hydrogen-bond donors (Lipinski definition) is 2. The molecule has 0 saturated heterocycles. The van der Waals surface area contributed by atoms with Gasteiger partial charge in [0.15, 0.2) is 0 Å². The normalized spacial score (nSPS) is 14.9. The minimum Gasteiger partial charge on any atom is -0.469 e. The standard InChI is InChI=1S/C21H34O4/c1-3-4-10-14-19(22)15-11-8-6-5-7-9-12-16-20(23)17-13-18-21(24)25-2/h6-9,11-12,15-16,19-20,22-23H,3-5,10,13-14,17-18H2,1-2H3/b8-6-,9-7-,15-11+,16-12+/t19-,20+/m0/s1. The summed E-state index contributed by atoms with van der Waals surface area (Å²) in [4.78, 5) is 10.9. The number of carbonyl (C=O) groups is 1. The summed E-state index contributed by atoms with van der Waals surface area (Å²) in [6.45, 7) is 2.15. The van der Waals surface area contributed by atoms with Crippen LogP contribution in [0.15, 0.2) is 48.6 Å². The van der Waals surface area contributed by atoms with Gasteiger partial charge >= 0.3 is 5.97 Å². The first-order valence-corrected chi connectivity index (χ1v) is 9.19. The van der Waals surface area contributed by atoms with Crippen molar-refractivity contribution < 1.29 is 19.7 Å². The Morgan fingerprint density at radius 2 is 1.48 bits per heavy atom. The van der Waals surface area contributed by atoms with E-state index in [0.717, 1.165) is 19.3 Å². The first kappa shape index (κ1) is 23.4. The number of ether oxygens (including phenoxy) is 1. The molecule has 0 aromatic carbocycles. The highest BCUT2D eigenvalue weighted by Gasteiger charge is 2.03. The highest BCUT2D eigenvalue weighted by Crippen LogP contribution is 2.05. The molecule has 0 heterocycles. The molecule has 4 nitrogen and oxygen atoms in total. The monoisotopic (exact) mass is 350 g/mol. The lowest BCUT2D eigenvalue weighted by atomic mass is 10.1. The van der Waals surface area contributed by atoms with Crippen LogP contribution in [0, 0.1) is 0 Å². The molecule has 0 fully saturated rings. The van der Waals surface area contributed by atoms with Gasteiger partial charge in [-0.2, -0.15) is 0 Å². The number of carbonyl (C=O) groups excluding carboxylic acids is 1. The lowest BCUT2D eigenvalue weighted by molar-refractivity contribution is -0.140. The number of aliphatic hydroxyl groups excluding tert-OH is 2. The van der Waals surface area contributed by atoms with E-state index in [2.05, 4.69) is 11.7 Å². The van der Waals surface area contributed by atoms with Crippen LogP contribution in [0.3, 0.4) is 0 Å².